The first-order valence-corrected chi connectivity index (χ1v) is 8.89. The highest BCUT2D eigenvalue weighted by atomic mass is 16.5. The number of nitrogens with one attached hydrogen (secondary N) is 1. The predicted octanol–water partition coefficient (Wildman–Crippen LogP) is 2.58. The van der Waals surface area contributed by atoms with Crippen LogP contribution in [0.5, 0.6) is 0 Å². The molecule has 0 spiro atoms. The molecule has 0 aromatic heterocycles. The number of hydrogen-bond acceptors (Lipinski definition) is 6. The molecule has 0 saturated carbocycles. The Labute approximate surface area is 168 Å². The fourth-order valence-electron chi connectivity index (χ4n) is 2.87. The van der Waals surface area contributed by atoms with Crippen LogP contribution in [-0.4, -0.2) is 38.4 Å². The molecule has 7 nitrogen and oxygen atoms in total. The zero-order valence-corrected chi connectivity index (χ0v) is 16.1. The Hall–Kier alpha value is -3.92. The smallest absolute Gasteiger partial charge is 0.349 e. The van der Waals surface area contributed by atoms with Crippen LogP contribution < -0.4 is 10.2 Å². The second-order valence-corrected chi connectivity index (χ2v) is 6.75. The summed E-state index contributed by atoms with van der Waals surface area (Å²) in [6, 6.07) is 13.9. The minimum absolute atomic E-state index is 0.126. The van der Waals surface area contributed by atoms with Crippen LogP contribution in [0.2, 0.25) is 0 Å². The van der Waals surface area contributed by atoms with Crippen molar-refractivity contribution >= 4 is 35.1 Å². The van der Waals surface area contributed by atoms with Gasteiger partial charge < -0.3 is 15.0 Å². The highest BCUT2D eigenvalue weighted by Gasteiger charge is 2.20. The average Bonchev–Trinajstić information content (AvgIpc) is 3.09. The minimum Gasteiger partial charge on any atom is -0.453 e. The molecule has 0 aliphatic carbocycles. The van der Waals surface area contributed by atoms with Gasteiger partial charge in [-0.2, -0.15) is 5.26 Å². The van der Waals surface area contributed by atoms with E-state index >= 15 is 0 Å². The molecule has 3 rings (SSSR count). The van der Waals surface area contributed by atoms with E-state index in [9.17, 15) is 19.6 Å². The SMILES string of the molecule is CN(C)c1ccc(/C=C(\C#N)C(=O)OCC(=O)c2ccc3c(c2)CC(=O)N3)cc1. The normalized spacial score (nSPS) is 12.6. The molecule has 1 N–H and O–H groups in total. The number of ketones is 1. The Bertz CT molecular complexity index is 1050. The van der Waals surface area contributed by atoms with Crippen molar-refractivity contribution in [2.24, 2.45) is 0 Å². The second-order valence-electron chi connectivity index (χ2n) is 6.75. The molecule has 146 valence electrons. The molecule has 2 aromatic carbocycles. The molecule has 1 aliphatic heterocycles. The van der Waals surface area contributed by atoms with Gasteiger partial charge in [-0.3, -0.25) is 9.59 Å². The number of rotatable bonds is 6. The van der Waals surface area contributed by atoms with Gasteiger partial charge in [0.15, 0.2) is 12.4 Å². The Balaban J connectivity index is 1.64. The number of Topliss-reactive ketones (excluding diaryl/α,β-unsaturated/α-hetero) is 1. The summed E-state index contributed by atoms with van der Waals surface area (Å²) in [7, 11) is 3.82. The molecular weight excluding hydrogens is 370 g/mol. The highest BCUT2D eigenvalue weighted by Crippen LogP contribution is 2.24. The number of esters is 1. The first-order chi connectivity index (χ1) is 13.9. The van der Waals surface area contributed by atoms with Crippen LogP contribution in [0.1, 0.15) is 21.5 Å². The summed E-state index contributed by atoms with van der Waals surface area (Å²) in [4.78, 5) is 37.8. The number of nitriles is 1. The number of carbonyl (C=O) groups excluding carboxylic acids is 3. The lowest BCUT2D eigenvalue weighted by molar-refractivity contribution is -0.137. The number of nitrogens with zero attached hydrogens (tertiary/aromatic N) is 2. The van der Waals surface area contributed by atoms with Crippen LogP contribution in [-0.2, 0) is 20.7 Å². The number of ether oxygens (including phenoxy) is 1. The fraction of sp³-hybridized carbons (Fsp3) is 0.182. The Morgan fingerprint density at radius 2 is 1.93 bits per heavy atom. The zero-order valence-electron chi connectivity index (χ0n) is 16.1. The average molecular weight is 389 g/mol. The van der Waals surface area contributed by atoms with Gasteiger partial charge in [-0.25, -0.2) is 4.79 Å². The van der Waals surface area contributed by atoms with Gasteiger partial charge in [0.25, 0.3) is 0 Å². The molecule has 0 fully saturated rings. The molecule has 2 aromatic rings. The van der Waals surface area contributed by atoms with Crippen LogP contribution in [0, 0.1) is 11.3 Å². The van der Waals surface area contributed by atoms with E-state index in [1.54, 1.807) is 30.3 Å². The number of anilines is 2. The zero-order chi connectivity index (χ0) is 21.0. The lowest BCUT2D eigenvalue weighted by Crippen LogP contribution is -2.15. The molecule has 0 unspecified atom stereocenters. The van der Waals surface area contributed by atoms with E-state index in [1.165, 1.54) is 6.08 Å². The molecule has 7 heteroatoms. The first-order valence-electron chi connectivity index (χ1n) is 8.89. The maximum Gasteiger partial charge on any atom is 0.349 e. The summed E-state index contributed by atoms with van der Waals surface area (Å²) in [5.74, 6) is -1.40. The third kappa shape index (κ3) is 4.68. The third-order valence-corrected chi connectivity index (χ3v) is 4.45. The van der Waals surface area contributed by atoms with Crippen molar-refractivity contribution in [1.29, 1.82) is 5.26 Å². The summed E-state index contributed by atoms with van der Waals surface area (Å²) in [6.45, 7) is -0.489. The molecule has 1 amide bonds. The van der Waals surface area contributed by atoms with Crippen LogP contribution in [0.25, 0.3) is 6.08 Å². The lowest BCUT2D eigenvalue weighted by Gasteiger charge is -2.11. The topological polar surface area (TPSA) is 99.5 Å². The van der Waals surface area contributed by atoms with Crippen LogP contribution in [0.3, 0.4) is 0 Å². The van der Waals surface area contributed by atoms with Gasteiger partial charge in [0.1, 0.15) is 11.6 Å². The second kappa shape index (κ2) is 8.40. The molecular formula is C22H19N3O4. The van der Waals surface area contributed by atoms with Crippen LogP contribution in [0.4, 0.5) is 11.4 Å². The lowest BCUT2D eigenvalue weighted by atomic mass is 10.1. The Morgan fingerprint density at radius 3 is 2.59 bits per heavy atom. The molecule has 1 aliphatic rings. The van der Waals surface area contributed by atoms with Gasteiger partial charge in [0, 0.05) is 31.0 Å². The van der Waals surface area contributed by atoms with Gasteiger partial charge in [0.05, 0.1) is 6.42 Å². The molecule has 0 atom stereocenters. The fourth-order valence-corrected chi connectivity index (χ4v) is 2.87. The van der Waals surface area contributed by atoms with Gasteiger partial charge in [-0.05, 0) is 47.5 Å². The summed E-state index contributed by atoms with van der Waals surface area (Å²) in [6.07, 6.45) is 1.63. The Kier molecular flexibility index (Phi) is 5.74. The molecule has 0 bridgehead atoms. The van der Waals surface area contributed by atoms with Crippen molar-refractivity contribution in [3.05, 3.63) is 64.7 Å². The van der Waals surface area contributed by atoms with Crippen molar-refractivity contribution in [2.45, 2.75) is 6.42 Å². The van der Waals surface area contributed by atoms with E-state index in [4.69, 9.17) is 4.74 Å². The quantitative estimate of drug-likeness (QED) is 0.353. The minimum atomic E-state index is -0.865. The van der Waals surface area contributed by atoms with Gasteiger partial charge in [0.2, 0.25) is 5.91 Å². The van der Waals surface area contributed by atoms with Crippen molar-refractivity contribution in [3.63, 3.8) is 0 Å². The molecule has 1 heterocycles. The van der Waals surface area contributed by atoms with Gasteiger partial charge in [-0.15, -0.1) is 0 Å². The maximum atomic E-state index is 12.3. The van der Waals surface area contributed by atoms with Crippen molar-refractivity contribution in [1.82, 2.24) is 0 Å². The third-order valence-electron chi connectivity index (χ3n) is 4.45. The summed E-state index contributed by atoms with van der Waals surface area (Å²) >= 11 is 0. The maximum absolute atomic E-state index is 12.3. The van der Waals surface area contributed by atoms with Crippen LogP contribution >= 0.6 is 0 Å². The molecule has 29 heavy (non-hydrogen) atoms. The standard InChI is InChI=1S/C22H19N3O4/c1-25(2)18-6-3-14(4-7-18)9-17(12-23)22(28)29-13-20(26)15-5-8-19-16(10-15)11-21(27)24-19/h3-10H,11,13H2,1-2H3,(H,24,27)/b17-9+. The van der Waals surface area contributed by atoms with Crippen molar-refractivity contribution in [2.75, 3.05) is 30.9 Å². The predicted molar refractivity (Wildman–Crippen MR) is 108 cm³/mol. The number of carbonyl (C=O) groups is 3. The van der Waals surface area contributed by atoms with Gasteiger partial charge >= 0.3 is 5.97 Å². The summed E-state index contributed by atoms with van der Waals surface area (Å²) in [5, 5.41) is 11.9. The Morgan fingerprint density at radius 1 is 1.21 bits per heavy atom. The number of hydrogen-bond donors (Lipinski definition) is 1. The summed E-state index contributed by atoms with van der Waals surface area (Å²) < 4.78 is 5.02. The highest BCUT2D eigenvalue weighted by molar-refractivity contribution is 6.04. The summed E-state index contributed by atoms with van der Waals surface area (Å²) in [5.41, 5.74) is 3.21. The molecule has 0 saturated heterocycles. The molecule has 0 radical (unpaired) electrons. The number of fused-ring (bicyclic) bond motifs is 1. The van der Waals surface area contributed by atoms with E-state index in [-0.39, 0.29) is 17.9 Å². The van der Waals surface area contributed by atoms with E-state index < -0.39 is 18.4 Å². The van der Waals surface area contributed by atoms with Gasteiger partial charge in [-0.1, -0.05) is 12.1 Å². The van der Waals surface area contributed by atoms with E-state index in [0.717, 1.165) is 11.3 Å². The van der Waals surface area contributed by atoms with Crippen LogP contribution in [0.15, 0.2) is 48.0 Å². The van der Waals surface area contributed by atoms with E-state index in [2.05, 4.69) is 5.32 Å². The van der Waals surface area contributed by atoms with E-state index in [0.29, 0.717) is 16.8 Å². The van der Waals surface area contributed by atoms with Crippen molar-refractivity contribution < 1.29 is 19.1 Å². The number of amides is 1. The largest absolute Gasteiger partial charge is 0.453 e. The van der Waals surface area contributed by atoms with Crippen molar-refractivity contribution in [3.8, 4) is 6.07 Å². The first kappa shape index (κ1) is 19.8. The van der Waals surface area contributed by atoms with E-state index in [1.807, 2.05) is 37.2 Å². The monoisotopic (exact) mass is 389 g/mol. The number of benzene rings is 2.